The predicted octanol–water partition coefficient (Wildman–Crippen LogP) is 4.66. The van der Waals surface area contributed by atoms with Gasteiger partial charge in [-0.2, -0.15) is 0 Å². The van der Waals surface area contributed by atoms with Crippen molar-refractivity contribution in [1.82, 2.24) is 21.1 Å². The number of hydrogen-bond acceptors (Lipinski definition) is 7. The van der Waals surface area contributed by atoms with Gasteiger partial charge in [0.15, 0.2) is 0 Å². The van der Waals surface area contributed by atoms with Crippen LogP contribution in [0, 0.1) is 5.92 Å². The van der Waals surface area contributed by atoms with Gasteiger partial charge in [0, 0.05) is 54.0 Å². The SMILES string of the molecule is COc1cc(OC)c(Cl)c(C2CCC3C(C2)NNC3NC(=O)c2ccc(N3CCC(N(C)C)CC3)cc2)c1Cl. The molecule has 3 fully saturated rings. The Balaban J connectivity index is 1.19. The first-order valence-corrected chi connectivity index (χ1v) is 14.5. The average Bonchev–Trinajstić information content (AvgIpc) is 3.35. The van der Waals surface area contributed by atoms with Gasteiger partial charge in [0.2, 0.25) is 0 Å². The summed E-state index contributed by atoms with van der Waals surface area (Å²) in [4.78, 5) is 17.9. The van der Waals surface area contributed by atoms with Gasteiger partial charge in [0.05, 0.1) is 30.4 Å². The van der Waals surface area contributed by atoms with Crippen LogP contribution in [0.2, 0.25) is 10.0 Å². The number of hydrogen-bond donors (Lipinski definition) is 3. The number of amides is 1. The van der Waals surface area contributed by atoms with Crippen LogP contribution in [0.3, 0.4) is 0 Å². The second-order valence-corrected chi connectivity index (χ2v) is 11.8. The van der Waals surface area contributed by atoms with Crippen LogP contribution in [0.25, 0.3) is 0 Å². The molecule has 0 spiro atoms. The molecule has 0 bridgehead atoms. The standard InChI is InChI=1S/C29H39Cl2N5O3/c1-35(2)19-11-13-36(14-12-19)20-8-5-17(6-9-20)29(37)32-28-21-10-7-18(15-22(21)33-34-28)25-26(30)23(38-3)16-24(39-4)27(25)31/h5-6,8-9,16,18-19,21-22,28,33-34H,7,10-15H2,1-4H3,(H,32,37). The van der Waals surface area contributed by atoms with Crippen molar-refractivity contribution in [3.63, 3.8) is 0 Å². The summed E-state index contributed by atoms with van der Waals surface area (Å²) in [6.45, 7) is 2.07. The number of carbonyl (C=O) groups excluding carboxylic acids is 1. The molecular formula is C29H39Cl2N5O3. The van der Waals surface area contributed by atoms with Gasteiger partial charge in [-0.15, -0.1) is 0 Å². The van der Waals surface area contributed by atoms with Gasteiger partial charge in [-0.05, 0) is 76.4 Å². The summed E-state index contributed by atoms with van der Waals surface area (Å²) in [6, 6.07) is 10.5. The Kier molecular flexibility index (Phi) is 8.79. The molecule has 212 valence electrons. The molecule has 2 aromatic rings. The zero-order chi connectivity index (χ0) is 27.7. The fraction of sp³-hybridized carbons (Fsp3) is 0.552. The van der Waals surface area contributed by atoms with Crippen LogP contribution >= 0.6 is 23.2 Å². The third-order valence-corrected chi connectivity index (χ3v) is 9.53. The maximum absolute atomic E-state index is 13.1. The Labute approximate surface area is 241 Å². The fourth-order valence-electron chi connectivity index (χ4n) is 6.42. The van der Waals surface area contributed by atoms with Crippen molar-refractivity contribution in [1.29, 1.82) is 0 Å². The number of fused-ring (bicyclic) bond motifs is 1. The first kappa shape index (κ1) is 28.3. The van der Waals surface area contributed by atoms with Crippen LogP contribution in [0.5, 0.6) is 11.5 Å². The second-order valence-electron chi connectivity index (χ2n) is 11.1. The molecule has 3 N–H and O–H groups in total. The van der Waals surface area contributed by atoms with Crippen LogP contribution < -0.4 is 30.5 Å². The molecular weight excluding hydrogens is 537 g/mol. The number of nitrogens with zero attached hydrogens (tertiary/aromatic N) is 2. The van der Waals surface area contributed by atoms with Crippen molar-refractivity contribution in [2.45, 2.75) is 56.3 Å². The zero-order valence-electron chi connectivity index (χ0n) is 23.1. The summed E-state index contributed by atoms with van der Waals surface area (Å²) >= 11 is 13.4. The Morgan fingerprint density at radius 3 is 2.21 bits per heavy atom. The number of nitrogens with one attached hydrogen (secondary N) is 3. The number of ether oxygens (including phenoxy) is 2. The topological polar surface area (TPSA) is 78.1 Å². The maximum atomic E-state index is 13.1. The third-order valence-electron chi connectivity index (χ3n) is 8.75. The van der Waals surface area contributed by atoms with Crippen LogP contribution in [0.4, 0.5) is 5.69 Å². The molecule has 1 amide bonds. The van der Waals surface area contributed by atoms with E-state index >= 15 is 0 Å². The first-order valence-electron chi connectivity index (χ1n) is 13.7. The van der Waals surface area contributed by atoms with Crippen LogP contribution in [-0.4, -0.2) is 70.5 Å². The average molecular weight is 577 g/mol. The van der Waals surface area contributed by atoms with Gasteiger partial charge < -0.3 is 24.6 Å². The van der Waals surface area contributed by atoms with Crippen LogP contribution in [-0.2, 0) is 0 Å². The van der Waals surface area contributed by atoms with Gasteiger partial charge >= 0.3 is 0 Å². The van der Waals surface area contributed by atoms with Crippen molar-refractivity contribution >= 4 is 34.8 Å². The summed E-state index contributed by atoms with van der Waals surface area (Å²) in [5.74, 6) is 1.45. The van der Waals surface area contributed by atoms with Gasteiger partial charge in [-0.1, -0.05) is 23.2 Å². The molecule has 2 aliphatic heterocycles. The highest BCUT2D eigenvalue weighted by atomic mass is 35.5. The molecule has 2 aromatic carbocycles. The molecule has 39 heavy (non-hydrogen) atoms. The Morgan fingerprint density at radius 1 is 0.974 bits per heavy atom. The van der Waals surface area contributed by atoms with Crippen molar-refractivity contribution in [2.75, 3.05) is 46.3 Å². The van der Waals surface area contributed by atoms with Gasteiger partial charge in [0.25, 0.3) is 5.91 Å². The van der Waals surface area contributed by atoms with Gasteiger partial charge in [0.1, 0.15) is 11.5 Å². The second kappa shape index (κ2) is 12.1. The highest BCUT2D eigenvalue weighted by molar-refractivity contribution is 6.38. The van der Waals surface area contributed by atoms with Crippen LogP contribution in [0.15, 0.2) is 30.3 Å². The number of rotatable bonds is 7. The number of methoxy groups -OCH3 is 2. The third kappa shape index (κ3) is 5.81. The van der Waals surface area contributed by atoms with Gasteiger partial charge in [-0.25, -0.2) is 5.43 Å². The number of hydrazine groups is 1. The Morgan fingerprint density at radius 2 is 1.62 bits per heavy atom. The van der Waals surface area contributed by atoms with Crippen molar-refractivity contribution in [2.24, 2.45) is 5.92 Å². The first-order chi connectivity index (χ1) is 18.8. The summed E-state index contributed by atoms with van der Waals surface area (Å²) in [5.41, 5.74) is 9.43. The number of halogens is 2. The highest BCUT2D eigenvalue weighted by Crippen LogP contribution is 2.49. The Bertz CT molecular complexity index is 1140. The summed E-state index contributed by atoms with van der Waals surface area (Å²) in [7, 11) is 7.48. The van der Waals surface area contributed by atoms with Crippen molar-refractivity contribution < 1.29 is 14.3 Å². The lowest BCUT2D eigenvalue weighted by molar-refractivity contribution is 0.0915. The fourth-order valence-corrected chi connectivity index (χ4v) is 7.23. The number of piperidine rings is 1. The molecule has 3 aliphatic rings. The molecule has 1 aliphatic carbocycles. The maximum Gasteiger partial charge on any atom is 0.252 e. The van der Waals surface area contributed by atoms with E-state index in [1.54, 1.807) is 20.3 Å². The largest absolute Gasteiger partial charge is 0.495 e. The van der Waals surface area contributed by atoms with E-state index in [-0.39, 0.29) is 30.0 Å². The summed E-state index contributed by atoms with van der Waals surface area (Å²) < 4.78 is 10.9. The molecule has 2 heterocycles. The molecule has 10 heteroatoms. The smallest absolute Gasteiger partial charge is 0.252 e. The molecule has 2 saturated heterocycles. The van der Waals surface area contributed by atoms with E-state index in [0.29, 0.717) is 33.1 Å². The van der Waals surface area contributed by atoms with Crippen molar-refractivity contribution in [3.05, 3.63) is 51.5 Å². The van der Waals surface area contributed by atoms with E-state index in [2.05, 4.69) is 52.2 Å². The van der Waals surface area contributed by atoms with E-state index in [0.717, 1.165) is 50.8 Å². The molecule has 8 nitrogen and oxygen atoms in total. The van der Waals surface area contributed by atoms with Gasteiger partial charge in [-0.3, -0.25) is 10.2 Å². The van der Waals surface area contributed by atoms with E-state index in [9.17, 15) is 4.79 Å². The molecule has 4 unspecified atom stereocenters. The lowest BCUT2D eigenvalue weighted by Gasteiger charge is -2.36. The quantitative estimate of drug-likeness (QED) is 0.443. The van der Waals surface area contributed by atoms with E-state index < -0.39 is 0 Å². The number of anilines is 1. The summed E-state index contributed by atoms with van der Waals surface area (Å²) in [5, 5.41) is 4.27. The van der Waals surface area contributed by atoms with E-state index in [1.165, 1.54) is 5.69 Å². The number of carbonyl (C=O) groups is 1. The normalized spacial score (nSPS) is 25.5. The summed E-state index contributed by atoms with van der Waals surface area (Å²) in [6.07, 6.45) is 4.80. The Hall–Kier alpha value is -2.23. The van der Waals surface area contributed by atoms with E-state index in [4.69, 9.17) is 32.7 Å². The minimum Gasteiger partial charge on any atom is -0.495 e. The van der Waals surface area contributed by atoms with Crippen LogP contribution in [0.1, 0.15) is 53.9 Å². The number of benzene rings is 2. The van der Waals surface area contributed by atoms with Crippen molar-refractivity contribution in [3.8, 4) is 11.5 Å². The molecule has 5 rings (SSSR count). The monoisotopic (exact) mass is 575 g/mol. The molecule has 4 atom stereocenters. The minimum absolute atomic E-state index is 0.0708. The zero-order valence-corrected chi connectivity index (χ0v) is 24.6. The van der Waals surface area contributed by atoms with E-state index in [1.807, 2.05) is 12.1 Å². The molecule has 1 saturated carbocycles. The minimum atomic E-state index is -0.154. The highest BCUT2D eigenvalue weighted by Gasteiger charge is 2.42. The lowest BCUT2D eigenvalue weighted by atomic mass is 9.75. The lowest BCUT2D eigenvalue weighted by Crippen LogP contribution is -2.47. The molecule has 0 aromatic heterocycles. The molecule has 0 radical (unpaired) electrons. The predicted molar refractivity (Wildman–Crippen MR) is 156 cm³/mol.